The molecular formula is C20H32N2O3. The minimum atomic E-state index is -0.166. The molecule has 140 valence electrons. The van der Waals surface area contributed by atoms with Crippen molar-refractivity contribution in [3.8, 4) is 0 Å². The Morgan fingerprint density at radius 3 is 2.80 bits per heavy atom. The Bertz CT molecular complexity index is 552. The molecule has 0 aromatic heterocycles. The first kappa shape index (κ1) is 19.7. The number of benzene rings is 1. The summed E-state index contributed by atoms with van der Waals surface area (Å²) in [5, 5.41) is 12.2. The molecule has 1 saturated heterocycles. The van der Waals surface area contributed by atoms with Crippen LogP contribution in [0.5, 0.6) is 0 Å². The smallest absolute Gasteiger partial charge is 0.317 e. The summed E-state index contributed by atoms with van der Waals surface area (Å²) in [6.45, 7) is 8.09. The number of ether oxygens (including phenoxy) is 1. The van der Waals surface area contributed by atoms with Gasteiger partial charge in [0.15, 0.2) is 0 Å². The van der Waals surface area contributed by atoms with Crippen LogP contribution in [0.4, 0.5) is 4.79 Å². The average molecular weight is 348 g/mol. The summed E-state index contributed by atoms with van der Waals surface area (Å²) in [4.78, 5) is 14.4. The van der Waals surface area contributed by atoms with Gasteiger partial charge in [-0.25, -0.2) is 4.79 Å². The SMILES string of the molecule is CC(C)(C)OCc1cccc(CNC(=O)N2CCCCC2CCO)c1. The minimum absolute atomic E-state index is 0.0329. The minimum Gasteiger partial charge on any atom is -0.396 e. The summed E-state index contributed by atoms with van der Waals surface area (Å²) in [7, 11) is 0. The quantitative estimate of drug-likeness (QED) is 0.828. The number of aliphatic hydroxyl groups is 1. The van der Waals surface area contributed by atoms with Crippen LogP contribution < -0.4 is 5.32 Å². The van der Waals surface area contributed by atoms with Crippen molar-refractivity contribution in [3.05, 3.63) is 35.4 Å². The van der Waals surface area contributed by atoms with Crippen molar-refractivity contribution in [1.82, 2.24) is 10.2 Å². The molecule has 1 heterocycles. The van der Waals surface area contributed by atoms with Gasteiger partial charge in [0.05, 0.1) is 12.2 Å². The summed E-state index contributed by atoms with van der Waals surface area (Å²) in [5.41, 5.74) is 2.01. The normalized spacial score (nSPS) is 18.2. The van der Waals surface area contributed by atoms with Crippen molar-refractivity contribution in [3.63, 3.8) is 0 Å². The summed E-state index contributed by atoms with van der Waals surface area (Å²) in [5.74, 6) is 0. The third-order valence-corrected chi connectivity index (χ3v) is 4.46. The van der Waals surface area contributed by atoms with E-state index in [9.17, 15) is 9.90 Å². The lowest BCUT2D eigenvalue weighted by Gasteiger charge is -2.35. The summed E-state index contributed by atoms with van der Waals surface area (Å²) < 4.78 is 5.81. The van der Waals surface area contributed by atoms with E-state index in [-0.39, 0.29) is 24.3 Å². The molecule has 1 aromatic carbocycles. The van der Waals surface area contributed by atoms with Gasteiger partial charge in [0.1, 0.15) is 0 Å². The summed E-state index contributed by atoms with van der Waals surface area (Å²) in [6, 6.07) is 8.26. The number of nitrogens with zero attached hydrogens (tertiary/aromatic N) is 1. The molecule has 25 heavy (non-hydrogen) atoms. The maximum absolute atomic E-state index is 12.5. The number of hydrogen-bond donors (Lipinski definition) is 2. The van der Waals surface area contributed by atoms with Crippen LogP contribution >= 0.6 is 0 Å². The Morgan fingerprint density at radius 2 is 2.08 bits per heavy atom. The van der Waals surface area contributed by atoms with Crippen LogP contribution in [0.1, 0.15) is 57.6 Å². The second kappa shape index (κ2) is 9.20. The number of amides is 2. The molecule has 0 spiro atoms. The number of carbonyl (C=O) groups excluding carboxylic acids is 1. The third-order valence-electron chi connectivity index (χ3n) is 4.46. The highest BCUT2D eigenvalue weighted by molar-refractivity contribution is 5.74. The number of nitrogens with one attached hydrogen (secondary N) is 1. The molecule has 0 radical (unpaired) electrons. The van der Waals surface area contributed by atoms with Gasteiger partial charge in [-0.15, -0.1) is 0 Å². The molecular weight excluding hydrogens is 316 g/mol. The van der Waals surface area contributed by atoms with Gasteiger partial charge in [0.25, 0.3) is 0 Å². The van der Waals surface area contributed by atoms with Crippen LogP contribution in [-0.4, -0.2) is 40.8 Å². The van der Waals surface area contributed by atoms with Gasteiger partial charge < -0.3 is 20.1 Å². The molecule has 1 aliphatic heterocycles. The van der Waals surface area contributed by atoms with Crippen molar-refractivity contribution >= 4 is 6.03 Å². The standard InChI is InChI=1S/C20H32N2O3/c1-20(2,3)25-15-17-8-6-7-16(13-17)14-21-19(24)22-11-5-4-9-18(22)10-12-23/h6-8,13,18,23H,4-5,9-12,14-15H2,1-3H3,(H,21,24). The second-order valence-electron chi connectivity index (χ2n) is 7.73. The van der Waals surface area contributed by atoms with Gasteiger partial charge in [-0.3, -0.25) is 0 Å². The van der Waals surface area contributed by atoms with Crippen LogP contribution in [0.25, 0.3) is 0 Å². The van der Waals surface area contributed by atoms with Crippen LogP contribution in [0, 0.1) is 0 Å². The van der Waals surface area contributed by atoms with Gasteiger partial charge >= 0.3 is 6.03 Å². The Balaban J connectivity index is 1.88. The van der Waals surface area contributed by atoms with Crippen molar-refractivity contribution in [2.24, 2.45) is 0 Å². The summed E-state index contributed by atoms with van der Waals surface area (Å²) in [6.07, 6.45) is 3.81. The predicted octanol–water partition coefficient (Wildman–Crippen LogP) is 3.45. The maximum atomic E-state index is 12.5. The first-order chi connectivity index (χ1) is 11.9. The van der Waals surface area contributed by atoms with E-state index in [4.69, 9.17) is 4.74 Å². The van der Waals surface area contributed by atoms with E-state index < -0.39 is 0 Å². The molecule has 0 bridgehead atoms. The number of rotatable bonds is 6. The fourth-order valence-corrected chi connectivity index (χ4v) is 3.13. The highest BCUT2D eigenvalue weighted by Crippen LogP contribution is 2.19. The lowest BCUT2D eigenvalue weighted by molar-refractivity contribution is -0.0149. The fraction of sp³-hybridized carbons (Fsp3) is 0.650. The van der Waals surface area contributed by atoms with E-state index in [1.165, 1.54) is 0 Å². The van der Waals surface area contributed by atoms with Gasteiger partial charge in [0, 0.05) is 25.7 Å². The Morgan fingerprint density at radius 1 is 1.32 bits per heavy atom. The number of piperidine rings is 1. The molecule has 2 amide bonds. The Labute approximate surface area is 151 Å². The largest absolute Gasteiger partial charge is 0.396 e. The van der Waals surface area contributed by atoms with Crippen molar-refractivity contribution in [2.45, 2.75) is 71.2 Å². The van der Waals surface area contributed by atoms with E-state index >= 15 is 0 Å². The van der Waals surface area contributed by atoms with Crippen LogP contribution in [0.2, 0.25) is 0 Å². The maximum Gasteiger partial charge on any atom is 0.317 e. The number of likely N-dealkylation sites (tertiary alicyclic amines) is 1. The molecule has 0 aliphatic carbocycles. The zero-order valence-electron chi connectivity index (χ0n) is 15.8. The molecule has 1 fully saturated rings. The first-order valence-electron chi connectivity index (χ1n) is 9.26. The van der Waals surface area contributed by atoms with Crippen molar-refractivity contribution in [2.75, 3.05) is 13.2 Å². The monoisotopic (exact) mass is 348 g/mol. The van der Waals surface area contributed by atoms with E-state index in [0.29, 0.717) is 19.6 Å². The van der Waals surface area contributed by atoms with E-state index in [1.807, 2.05) is 43.9 Å². The lowest BCUT2D eigenvalue weighted by atomic mass is 10.0. The fourth-order valence-electron chi connectivity index (χ4n) is 3.13. The van der Waals surface area contributed by atoms with Gasteiger partial charge in [-0.2, -0.15) is 0 Å². The van der Waals surface area contributed by atoms with Crippen molar-refractivity contribution < 1.29 is 14.6 Å². The van der Waals surface area contributed by atoms with E-state index in [2.05, 4.69) is 11.4 Å². The van der Waals surface area contributed by atoms with Gasteiger partial charge in [-0.05, 0) is 57.6 Å². The number of urea groups is 1. The molecule has 1 aliphatic rings. The highest BCUT2D eigenvalue weighted by Gasteiger charge is 2.25. The Kier molecular flexibility index (Phi) is 7.26. The van der Waals surface area contributed by atoms with E-state index in [1.54, 1.807) is 0 Å². The molecule has 2 rings (SSSR count). The zero-order valence-corrected chi connectivity index (χ0v) is 15.8. The number of aliphatic hydroxyl groups excluding tert-OH is 1. The lowest BCUT2D eigenvalue weighted by Crippen LogP contribution is -2.48. The van der Waals surface area contributed by atoms with Gasteiger partial charge in [0.2, 0.25) is 0 Å². The topological polar surface area (TPSA) is 61.8 Å². The summed E-state index contributed by atoms with van der Waals surface area (Å²) >= 11 is 0. The first-order valence-corrected chi connectivity index (χ1v) is 9.26. The molecule has 5 heteroatoms. The molecule has 2 N–H and O–H groups in total. The highest BCUT2D eigenvalue weighted by atomic mass is 16.5. The zero-order chi connectivity index (χ0) is 18.3. The predicted molar refractivity (Wildman–Crippen MR) is 99.3 cm³/mol. The Hall–Kier alpha value is -1.59. The molecule has 5 nitrogen and oxygen atoms in total. The van der Waals surface area contributed by atoms with Crippen LogP contribution in [0.3, 0.4) is 0 Å². The van der Waals surface area contributed by atoms with Crippen LogP contribution in [-0.2, 0) is 17.9 Å². The van der Waals surface area contributed by atoms with Crippen LogP contribution in [0.15, 0.2) is 24.3 Å². The third kappa shape index (κ3) is 6.67. The molecule has 1 unspecified atom stereocenters. The second-order valence-corrected chi connectivity index (χ2v) is 7.73. The number of hydrogen-bond acceptors (Lipinski definition) is 3. The molecule has 1 aromatic rings. The molecule has 1 atom stereocenters. The molecule has 0 saturated carbocycles. The average Bonchev–Trinajstić information content (AvgIpc) is 2.58. The van der Waals surface area contributed by atoms with Gasteiger partial charge in [-0.1, -0.05) is 24.3 Å². The van der Waals surface area contributed by atoms with E-state index in [0.717, 1.165) is 36.9 Å². The van der Waals surface area contributed by atoms with Crippen molar-refractivity contribution in [1.29, 1.82) is 0 Å². The number of carbonyl (C=O) groups is 1.